The van der Waals surface area contributed by atoms with Crippen molar-refractivity contribution in [2.75, 3.05) is 7.11 Å². The summed E-state index contributed by atoms with van der Waals surface area (Å²) < 4.78 is 4.42. The lowest BCUT2D eigenvalue weighted by Gasteiger charge is -2.25. The first-order valence-corrected chi connectivity index (χ1v) is 4.08. The van der Waals surface area contributed by atoms with Crippen LogP contribution in [-0.4, -0.2) is 24.2 Å². The topological polar surface area (TPSA) is 63.6 Å². The van der Waals surface area contributed by atoms with E-state index in [9.17, 15) is 9.59 Å². The molecule has 13 heavy (non-hydrogen) atoms. The molecule has 0 aliphatic carbocycles. The van der Waals surface area contributed by atoms with Crippen molar-refractivity contribution in [2.24, 2.45) is 11.3 Å². The smallest absolute Gasteiger partial charge is 0.307 e. The van der Waals surface area contributed by atoms with E-state index >= 15 is 0 Å². The number of hydrogen-bond acceptors (Lipinski definition) is 3. The molecular weight excluding hydrogens is 172 g/mol. The standard InChI is InChI=1S/C9H16O4/c1-9(2,3)6(8(11)12)5-7(10)13-4/h6H,5H2,1-4H3,(H,11,12)/t6-/m1/s1. The first-order chi connectivity index (χ1) is 5.79. The van der Waals surface area contributed by atoms with Crippen molar-refractivity contribution in [1.29, 1.82) is 0 Å². The summed E-state index contributed by atoms with van der Waals surface area (Å²) in [5.74, 6) is -2.14. The molecule has 1 N–H and O–H groups in total. The molecule has 4 heteroatoms. The highest BCUT2D eigenvalue weighted by molar-refractivity contribution is 5.79. The molecule has 0 heterocycles. The molecule has 0 saturated carbocycles. The number of hydrogen-bond donors (Lipinski definition) is 1. The van der Waals surface area contributed by atoms with Gasteiger partial charge in [-0.1, -0.05) is 20.8 Å². The van der Waals surface area contributed by atoms with Crippen LogP contribution in [0.1, 0.15) is 27.2 Å². The third-order valence-corrected chi connectivity index (χ3v) is 1.94. The van der Waals surface area contributed by atoms with Gasteiger partial charge in [0.25, 0.3) is 0 Å². The van der Waals surface area contributed by atoms with Gasteiger partial charge in [0.1, 0.15) is 0 Å². The third-order valence-electron chi connectivity index (χ3n) is 1.94. The zero-order valence-corrected chi connectivity index (χ0v) is 8.46. The molecule has 0 saturated heterocycles. The number of esters is 1. The summed E-state index contributed by atoms with van der Waals surface area (Å²) in [7, 11) is 1.25. The third kappa shape index (κ3) is 3.92. The van der Waals surface area contributed by atoms with E-state index in [2.05, 4.69) is 4.74 Å². The fraction of sp³-hybridized carbons (Fsp3) is 0.778. The monoisotopic (exact) mass is 188 g/mol. The lowest BCUT2D eigenvalue weighted by atomic mass is 9.79. The van der Waals surface area contributed by atoms with Crippen LogP contribution in [0.25, 0.3) is 0 Å². The van der Waals surface area contributed by atoms with Crippen molar-refractivity contribution in [3.63, 3.8) is 0 Å². The minimum Gasteiger partial charge on any atom is -0.481 e. The largest absolute Gasteiger partial charge is 0.481 e. The van der Waals surface area contributed by atoms with Gasteiger partial charge >= 0.3 is 11.9 Å². The first-order valence-electron chi connectivity index (χ1n) is 4.08. The van der Waals surface area contributed by atoms with Crippen LogP contribution in [0.5, 0.6) is 0 Å². The molecule has 0 spiro atoms. The SMILES string of the molecule is COC(=O)C[C@H](C(=O)O)C(C)(C)C. The molecule has 1 atom stereocenters. The van der Waals surface area contributed by atoms with Crippen LogP contribution in [0, 0.1) is 11.3 Å². The highest BCUT2D eigenvalue weighted by Crippen LogP contribution is 2.29. The molecule has 0 aromatic carbocycles. The molecule has 76 valence electrons. The number of carbonyl (C=O) groups is 2. The highest BCUT2D eigenvalue weighted by Gasteiger charge is 2.33. The zero-order chi connectivity index (χ0) is 10.6. The summed E-state index contributed by atoms with van der Waals surface area (Å²) in [5.41, 5.74) is -0.431. The van der Waals surface area contributed by atoms with Gasteiger partial charge in [-0.15, -0.1) is 0 Å². The summed E-state index contributed by atoms with van der Waals surface area (Å²) in [6.07, 6.45) is -0.0741. The van der Waals surface area contributed by atoms with Gasteiger partial charge in [0.2, 0.25) is 0 Å². The van der Waals surface area contributed by atoms with Crippen molar-refractivity contribution in [2.45, 2.75) is 27.2 Å². The Balaban J connectivity index is 4.46. The Morgan fingerprint density at radius 2 is 1.85 bits per heavy atom. The number of rotatable bonds is 3. The molecule has 0 aromatic rings. The average Bonchev–Trinajstić information content (AvgIpc) is 1.96. The van der Waals surface area contributed by atoms with Gasteiger partial charge in [-0.2, -0.15) is 0 Å². The fourth-order valence-electron chi connectivity index (χ4n) is 1.01. The summed E-state index contributed by atoms with van der Waals surface area (Å²) in [6.45, 7) is 5.36. The van der Waals surface area contributed by atoms with Gasteiger partial charge < -0.3 is 9.84 Å². The van der Waals surface area contributed by atoms with E-state index in [1.54, 1.807) is 20.8 Å². The predicted molar refractivity (Wildman–Crippen MR) is 47.2 cm³/mol. The van der Waals surface area contributed by atoms with Crippen LogP contribution in [0.15, 0.2) is 0 Å². The second-order valence-corrected chi connectivity index (χ2v) is 4.04. The van der Waals surface area contributed by atoms with Gasteiger partial charge in [-0.3, -0.25) is 9.59 Å². The number of aliphatic carboxylic acids is 1. The number of ether oxygens (including phenoxy) is 1. The van der Waals surface area contributed by atoms with Gasteiger partial charge in [0.15, 0.2) is 0 Å². The van der Waals surface area contributed by atoms with Crippen LogP contribution in [0.3, 0.4) is 0 Å². The number of carboxylic acids is 1. The Morgan fingerprint density at radius 3 is 2.08 bits per heavy atom. The maximum absolute atomic E-state index is 10.9. The van der Waals surface area contributed by atoms with Gasteiger partial charge in [-0.05, 0) is 5.41 Å². The summed E-state index contributed by atoms with van der Waals surface area (Å²) in [5, 5.41) is 8.85. The zero-order valence-electron chi connectivity index (χ0n) is 8.46. The van der Waals surface area contributed by atoms with Gasteiger partial charge in [-0.25, -0.2) is 0 Å². The minimum absolute atomic E-state index is 0.0741. The van der Waals surface area contributed by atoms with Crippen molar-refractivity contribution in [3.05, 3.63) is 0 Å². The van der Waals surface area contributed by atoms with E-state index in [1.165, 1.54) is 7.11 Å². The molecule has 0 aliphatic heterocycles. The van der Waals surface area contributed by atoms with Crippen molar-refractivity contribution >= 4 is 11.9 Å². The number of methoxy groups -OCH3 is 1. The Labute approximate surface area is 77.9 Å². The van der Waals surface area contributed by atoms with Crippen LogP contribution in [-0.2, 0) is 14.3 Å². The fourth-order valence-corrected chi connectivity index (χ4v) is 1.01. The Hall–Kier alpha value is -1.06. The van der Waals surface area contributed by atoms with Crippen LogP contribution in [0.4, 0.5) is 0 Å². The Bertz CT molecular complexity index is 202. The molecule has 0 aromatic heterocycles. The average molecular weight is 188 g/mol. The first kappa shape index (κ1) is 11.9. The summed E-state index contributed by atoms with van der Waals surface area (Å²) in [6, 6.07) is 0. The molecule has 0 aliphatic rings. The van der Waals surface area contributed by atoms with E-state index < -0.39 is 23.3 Å². The molecule has 0 bridgehead atoms. The van der Waals surface area contributed by atoms with E-state index in [1.807, 2.05) is 0 Å². The number of carbonyl (C=O) groups excluding carboxylic acids is 1. The molecule has 0 unspecified atom stereocenters. The van der Waals surface area contributed by atoms with Gasteiger partial charge in [0, 0.05) is 0 Å². The maximum atomic E-state index is 10.9. The molecule has 0 radical (unpaired) electrons. The van der Waals surface area contributed by atoms with Crippen molar-refractivity contribution < 1.29 is 19.4 Å². The van der Waals surface area contributed by atoms with E-state index in [-0.39, 0.29) is 6.42 Å². The van der Waals surface area contributed by atoms with Gasteiger partial charge in [0.05, 0.1) is 19.4 Å². The van der Waals surface area contributed by atoms with E-state index in [0.717, 1.165) is 0 Å². The minimum atomic E-state index is -0.960. The van der Waals surface area contributed by atoms with Crippen molar-refractivity contribution in [1.82, 2.24) is 0 Å². The molecule has 0 amide bonds. The lowest BCUT2D eigenvalue weighted by Crippen LogP contribution is -2.30. The molecule has 0 rings (SSSR count). The molecular formula is C9H16O4. The second-order valence-electron chi connectivity index (χ2n) is 4.04. The van der Waals surface area contributed by atoms with Crippen LogP contribution in [0.2, 0.25) is 0 Å². The Kier molecular flexibility index (Phi) is 3.91. The van der Waals surface area contributed by atoms with E-state index in [0.29, 0.717) is 0 Å². The quantitative estimate of drug-likeness (QED) is 0.678. The summed E-state index contributed by atoms with van der Waals surface area (Å²) >= 11 is 0. The van der Waals surface area contributed by atoms with Crippen molar-refractivity contribution in [3.8, 4) is 0 Å². The Morgan fingerprint density at radius 1 is 1.38 bits per heavy atom. The van der Waals surface area contributed by atoms with Crippen LogP contribution >= 0.6 is 0 Å². The molecule has 4 nitrogen and oxygen atoms in total. The normalized spacial score (nSPS) is 13.5. The number of carboxylic acid groups (broad SMARTS) is 1. The van der Waals surface area contributed by atoms with E-state index in [4.69, 9.17) is 5.11 Å². The summed E-state index contributed by atoms with van der Waals surface area (Å²) in [4.78, 5) is 21.7. The highest BCUT2D eigenvalue weighted by atomic mass is 16.5. The molecule has 0 fully saturated rings. The lowest BCUT2D eigenvalue weighted by molar-refractivity contribution is -0.153. The maximum Gasteiger partial charge on any atom is 0.307 e. The van der Waals surface area contributed by atoms with Crippen LogP contribution < -0.4 is 0 Å². The predicted octanol–water partition coefficient (Wildman–Crippen LogP) is 1.30. The second kappa shape index (κ2) is 4.25.